The van der Waals surface area contributed by atoms with E-state index in [1.807, 2.05) is 48.5 Å². The molecule has 1 atom stereocenters. The van der Waals surface area contributed by atoms with Gasteiger partial charge in [-0.3, -0.25) is 9.78 Å². The van der Waals surface area contributed by atoms with Crippen molar-refractivity contribution >= 4 is 22.5 Å². The van der Waals surface area contributed by atoms with Gasteiger partial charge in [-0.05, 0) is 47.4 Å². The second kappa shape index (κ2) is 9.49. The van der Waals surface area contributed by atoms with Crippen molar-refractivity contribution in [3.63, 3.8) is 0 Å². The molecule has 5 rings (SSSR count). The van der Waals surface area contributed by atoms with Crippen LogP contribution < -0.4 is 5.32 Å². The van der Waals surface area contributed by atoms with Crippen molar-refractivity contribution in [3.8, 4) is 0 Å². The smallest absolute Gasteiger partial charge is 0.256 e. The Labute approximate surface area is 193 Å². The lowest BCUT2D eigenvalue weighted by atomic mass is 9.86. The fourth-order valence-corrected chi connectivity index (χ4v) is 4.25. The van der Waals surface area contributed by atoms with Gasteiger partial charge in [0.05, 0.1) is 11.1 Å². The van der Waals surface area contributed by atoms with Gasteiger partial charge in [0.15, 0.2) is 0 Å². The van der Waals surface area contributed by atoms with E-state index in [-0.39, 0.29) is 11.8 Å². The first-order chi connectivity index (χ1) is 16.3. The van der Waals surface area contributed by atoms with Crippen LogP contribution in [0.25, 0.3) is 10.9 Å². The van der Waals surface area contributed by atoms with E-state index in [0.717, 1.165) is 23.0 Å². The Bertz CT molecular complexity index is 1360. The molecule has 3 nitrogen and oxygen atoms in total. The van der Waals surface area contributed by atoms with Crippen LogP contribution in [0.3, 0.4) is 0 Å². The second-order valence-electron chi connectivity index (χ2n) is 8.10. The number of pyridine rings is 1. The van der Waals surface area contributed by atoms with Gasteiger partial charge >= 0.3 is 0 Å². The number of hydrogen-bond donors (Lipinski definition) is 1. The Morgan fingerprint density at radius 3 is 2.09 bits per heavy atom. The fourth-order valence-electron chi connectivity index (χ4n) is 4.25. The molecule has 33 heavy (non-hydrogen) atoms. The molecule has 160 valence electrons. The molecule has 0 saturated heterocycles. The maximum absolute atomic E-state index is 13.0. The summed E-state index contributed by atoms with van der Waals surface area (Å²) in [6, 6.07) is 38.8. The van der Waals surface area contributed by atoms with Crippen LogP contribution in [0.15, 0.2) is 121 Å². The number of aromatic nitrogens is 1. The maximum atomic E-state index is 13.0. The number of para-hydroxylation sites is 1. The maximum Gasteiger partial charge on any atom is 0.256 e. The van der Waals surface area contributed by atoms with Crippen LogP contribution in [0, 0.1) is 0 Å². The molecule has 1 aromatic heterocycles. The highest BCUT2D eigenvalue weighted by Crippen LogP contribution is 2.29. The number of carbonyl (C=O) groups is 1. The van der Waals surface area contributed by atoms with E-state index < -0.39 is 0 Å². The van der Waals surface area contributed by atoms with Gasteiger partial charge < -0.3 is 5.32 Å². The second-order valence-corrected chi connectivity index (χ2v) is 8.10. The van der Waals surface area contributed by atoms with E-state index in [4.69, 9.17) is 0 Å². The van der Waals surface area contributed by atoms with Gasteiger partial charge in [-0.15, -0.1) is 0 Å². The molecule has 1 N–H and O–H groups in total. The highest BCUT2D eigenvalue weighted by molar-refractivity contribution is 6.12. The predicted octanol–water partition coefficient (Wildman–Crippen LogP) is 6.86. The lowest BCUT2D eigenvalue weighted by Gasteiger charge is -2.19. The summed E-state index contributed by atoms with van der Waals surface area (Å²) in [6.45, 7) is 0. The van der Waals surface area contributed by atoms with Crippen molar-refractivity contribution < 1.29 is 4.79 Å². The molecule has 0 aliphatic heterocycles. The van der Waals surface area contributed by atoms with Gasteiger partial charge in [0.1, 0.15) is 0 Å². The summed E-state index contributed by atoms with van der Waals surface area (Å²) in [5.41, 5.74) is 6.01. The molecule has 0 bridgehead atoms. The number of hydrogen-bond acceptors (Lipinski definition) is 2. The monoisotopic (exact) mass is 428 g/mol. The zero-order valence-corrected chi connectivity index (χ0v) is 18.2. The van der Waals surface area contributed by atoms with Crippen molar-refractivity contribution in [1.82, 2.24) is 4.98 Å². The lowest BCUT2D eigenvalue weighted by Crippen LogP contribution is -2.13. The average molecular weight is 429 g/mol. The van der Waals surface area contributed by atoms with Gasteiger partial charge in [-0.25, -0.2) is 0 Å². The van der Waals surface area contributed by atoms with Crippen molar-refractivity contribution in [2.45, 2.75) is 12.3 Å². The molecular weight excluding hydrogens is 404 g/mol. The molecule has 1 unspecified atom stereocenters. The summed E-state index contributed by atoms with van der Waals surface area (Å²) in [5.74, 6) is 0.104. The Balaban J connectivity index is 1.39. The van der Waals surface area contributed by atoms with Crippen molar-refractivity contribution in [2.75, 3.05) is 5.32 Å². The van der Waals surface area contributed by atoms with E-state index in [9.17, 15) is 4.79 Å². The predicted molar refractivity (Wildman–Crippen MR) is 135 cm³/mol. The number of fused-ring (bicyclic) bond motifs is 1. The number of anilines is 1. The Morgan fingerprint density at radius 1 is 0.697 bits per heavy atom. The third-order valence-electron chi connectivity index (χ3n) is 5.95. The molecule has 1 amide bonds. The van der Waals surface area contributed by atoms with Crippen LogP contribution in [0.2, 0.25) is 0 Å². The van der Waals surface area contributed by atoms with Crippen molar-refractivity contribution in [3.05, 3.63) is 144 Å². The zero-order chi connectivity index (χ0) is 22.5. The normalized spacial score (nSPS) is 11.8. The first-order valence-electron chi connectivity index (χ1n) is 11.1. The standard InChI is InChI=1S/C30H24N2O/c33-30(27-19-20-31-29-14-8-7-13-26(27)29)32-25-17-15-24(16-18-25)28(23-11-5-2-6-12-23)21-22-9-3-1-4-10-22/h1-20,28H,21H2,(H,32,33). The molecule has 4 aromatic carbocycles. The van der Waals surface area contributed by atoms with E-state index in [1.54, 1.807) is 12.3 Å². The van der Waals surface area contributed by atoms with E-state index in [2.05, 4.69) is 71.0 Å². The summed E-state index contributed by atoms with van der Waals surface area (Å²) in [7, 11) is 0. The Kier molecular flexibility index (Phi) is 5.94. The van der Waals surface area contributed by atoms with Gasteiger partial charge in [-0.2, -0.15) is 0 Å². The van der Waals surface area contributed by atoms with Gasteiger partial charge in [0, 0.05) is 23.2 Å². The number of nitrogens with zero attached hydrogens (tertiary/aromatic N) is 1. The van der Waals surface area contributed by atoms with Gasteiger partial charge in [0.25, 0.3) is 5.91 Å². The topological polar surface area (TPSA) is 42.0 Å². The lowest BCUT2D eigenvalue weighted by molar-refractivity contribution is 0.102. The first kappa shape index (κ1) is 20.7. The summed E-state index contributed by atoms with van der Waals surface area (Å²) in [4.78, 5) is 17.3. The van der Waals surface area contributed by atoms with Gasteiger partial charge in [0.2, 0.25) is 0 Å². The van der Waals surface area contributed by atoms with Crippen LogP contribution in [-0.4, -0.2) is 10.9 Å². The van der Waals surface area contributed by atoms with E-state index >= 15 is 0 Å². The molecule has 0 aliphatic rings. The molecule has 0 fully saturated rings. The van der Waals surface area contributed by atoms with E-state index in [0.29, 0.717) is 5.56 Å². The van der Waals surface area contributed by atoms with E-state index in [1.165, 1.54) is 16.7 Å². The third kappa shape index (κ3) is 4.68. The first-order valence-corrected chi connectivity index (χ1v) is 11.1. The quantitative estimate of drug-likeness (QED) is 0.321. The Hall–Kier alpha value is -4.24. The minimum Gasteiger partial charge on any atom is -0.322 e. The molecule has 0 aliphatic carbocycles. The molecule has 5 aromatic rings. The average Bonchev–Trinajstić information content (AvgIpc) is 2.88. The number of rotatable bonds is 6. The number of nitrogens with one attached hydrogen (secondary N) is 1. The SMILES string of the molecule is O=C(Nc1ccc(C(Cc2ccccc2)c2ccccc2)cc1)c1ccnc2ccccc12. The highest BCUT2D eigenvalue weighted by Gasteiger charge is 2.16. The van der Waals surface area contributed by atoms with Crippen LogP contribution >= 0.6 is 0 Å². The minimum absolute atomic E-state index is 0.134. The van der Waals surface area contributed by atoms with Gasteiger partial charge in [-0.1, -0.05) is 91.0 Å². The van der Waals surface area contributed by atoms with Crippen LogP contribution in [0.5, 0.6) is 0 Å². The summed E-state index contributed by atoms with van der Waals surface area (Å²) in [5, 5.41) is 3.89. The molecule has 1 heterocycles. The summed E-state index contributed by atoms with van der Waals surface area (Å²) in [6.07, 6.45) is 2.59. The molecule has 0 spiro atoms. The summed E-state index contributed by atoms with van der Waals surface area (Å²) < 4.78 is 0. The van der Waals surface area contributed by atoms with Crippen molar-refractivity contribution in [1.29, 1.82) is 0 Å². The summed E-state index contributed by atoms with van der Waals surface area (Å²) >= 11 is 0. The third-order valence-corrected chi connectivity index (χ3v) is 5.95. The number of amides is 1. The number of carbonyl (C=O) groups excluding carboxylic acids is 1. The zero-order valence-electron chi connectivity index (χ0n) is 18.2. The highest BCUT2D eigenvalue weighted by atomic mass is 16.1. The molecule has 0 radical (unpaired) electrons. The Morgan fingerprint density at radius 2 is 1.33 bits per heavy atom. The minimum atomic E-state index is -0.134. The van der Waals surface area contributed by atoms with Crippen LogP contribution in [0.1, 0.15) is 33.0 Å². The van der Waals surface area contributed by atoms with Crippen LogP contribution in [0.4, 0.5) is 5.69 Å². The molecule has 3 heteroatoms. The fraction of sp³-hybridized carbons (Fsp3) is 0.0667. The molecular formula is C30H24N2O. The van der Waals surface area contributed by atoms with Crippen LogP contribution in [-0.2, 0) is 6.42 Å². The number of benzene rings is 4. The molecule has 0 saturated carbocycles. The largest absolute Gasteiger partial charge is 0.322 e. The van der Waals surface area contributed by atoms with Crippen molar-refractivity contribution in [2.24, 2.45) is 0 Å².